The van der Waals surface area contributed by atoms with E-state index < -0.39 is 10.0 Å². The normalized spacial score (nSPS) is 20.0. The summed E-state index contributed by atoms with van der Waals surface area (Å²) in [7, 11) is -3.52. The number of benzene rings is 2. The largest absolute Gasteiger partial charge is 0.490 e. The van der Waals surface area contributed by atoms with Gasteiger partial charge >= 0.3 is 0 Å². The predicted molar refractivity (Wildman–Crippen MR) is 135 cm³/mol. The first-order valence-corrected chi connectivity index (χ1v) is 13.1. The summed E-state index contributed by atoms with van der Waals surface area (Å²) >= 11 is 1.53. The summed E-state index contributed by atoms with van der Waals surface area (Å²) in [5.41, 5.74) is 5.51. The molecule has 12 heteroatoms. The molecule has 0 bridgehead atoms. The Labute approximate surface area is 209 Å². The highest BCUT2D eigenvalue weighted by atomic mass is 35.5. The fourth-order valence-corrected chi connectivity index (χ4v) is 5.80. The number of ether oxygens (including phenoxy) is 3. The van der Waals surface area contributed by atoms with Crippen LogP contribution in [0.5, 0.6) is 11.5 Å². The Bertz CT molecular complexity index is 1180. The zero-order valence-corrected chi connectivity index (χ0v) is 20.8. The van der Waals surface area contributed by atoms with Crippen molar-refractivity contribution in [3.8, 4) is 11.5 Å². The third-order valence-electron chi connectivity index (χ3n) is 5.39. The van der Waals surface area contributed by atoms with Gasteiger partial charge in [-0.15, -0.1) is 12.4 Å². The van der Waals surface area contributed by atoms with E-state index in [1.54, 1.807) is 24.3 Å². The summed E-state index contributed by atoms with van der Waals surface area (Å²) in [6.07, 6.45) is 0.863. The summed E-state index contributed by atoms with van der Waals surface area (Å²) in [6, 6.07) is 12.4. The van der Waals surface area contributed by atoms with Crippen molar-refractivity contribution in [1.29, 1.82) is 0 Å². The third-order valence-corrected chi connectivity index (χ3v) is 8.17. The Kier molecular flexibility index (Phi) is 7.99. The van der Waals surface area contributed by atoms with Gasteiger partial charge in [-0.25, -0.2) is 13.4 Å². The molecule has 5 rings (SSSR count). The molecular weight excluding hydrogens is 500 g/mol. The molecule has 182 valence electrons. The number of nitrogens with zero attached hydrogens (tertiary/aromatic N) is 3. The number of sulfonamides is 1. The van der Waals surface area contributed by atoms with Crippen LogP contribution in [-0.4, -0.2) is 68.9 Å². The van der Waals surface area contributed by atoms with E-state index in [0.29, 0.717) is 56.1 Å². The second kappa shape index (κ2) is 11.0. The molecule has 3 aliphatic heterocycles. The number of rotatable bonds is 4. The molecule has 2 aromatic rings. The van der Waals surface area contributed by atoms with Gasteiger partial charge in [0.05, 0.1) is 42.7 Å². The van der Waals surface area contributed by atoms with Crippen LogP contribution in [0.1, 0.15) is 12.0 Å². The molecule has 9 nitrogen and oxygen atoms in total. The summed E-state index contributed by atoms with van der Waals surface area (Å²) in [4.78, 5) is 4.81. The van der Waals surface area contributed by atoms with Crippen molar-refractivity contribution in [3.05, 3.63) is 48.0 Å². The van der Waals surface area contributed by atoms with Crippen molar-refractivity contribution >= 4 is 50.8 Å². The van der Waals surface area contributed by atoms with Crippen molar-refractivity contribution in [2.45, 2.75) is 11.3 Å². The van der Waals surface area contributed by atoms with E-state index in [2.05, 4.69) is 15.5 Å². The number of halogens is 1. The fourth-order valence-electron chi connectivity index (χ4n) is 3.61. The van der Waals surface area contributed by atoms with Crippen molar-refractivity contribution < 1.29 is 22.6 Å². The first-order chi connectivity index (χ1) is 16.1. The minimum absolute atomic E-state index is 0. The number of morpholine rings is 1. The van der Waals surface area contributed by atoms with E-state index in [0.717, 1.165) is 29.2 Å². The van der Waals surface area contributed by atoms with Gasteiger partial charge in [0.1, 0.15) is 0 Å². The highest BCUT2D eigenvalue weighted by Gasteiger charge is 2.26. The molecule has 0 radical (unpaired) electrons. The lowest BCUT2D eigenvalue weighted by Gasteiger charge is -2.26. The second-order valence-electron chi connectivity index (χ2n) is 7.60. The molecule has 2 aromatic carbocycles. The van der Waals surface area contributed by atoms with Gasteiger partial charge in [-0.1, -0.05) is 11.8 Å². The minimum atomic E-state index is -3.52. The van der Waals surface area contributed by atoms with Crippen LogP contribution in [0.3, 0.4) is 0 Å². The van der Waals surface area contributed by atoms with Crippen LogP contribution in [0, 0.1) is 0 Å². The maximum absolute atomic E-state index is 12.8. The zero-order chi connectivity index (χ0) is 22.7. The van der Waals surface area contributed by atoms with Crippen molar-refractivity contribution in [1.82, 2.24) is 9.73 Å². The maximum Gasteiger partial charge on any atom is 0.243 e. The maximum atomic E-state index is 12.8. The molecule has 0 unspecified atom stereocenters. The average molecular weight is 525 g/mol. The van der Waals surface area contributed by atoms with E-state index in [9.17, 15) is 8.42 Å². The van der Waals surface area contributed by atoms with Crippen molar-refractivity contribution in [2.24, 2.45) is 10.1 Å². The van der Waals surface area contributed by atoms with Crippen LogP contribution in [0.25, 0.3) is 0 Å². The van der Waals surface area contributed by atoms with Crippen LogP contribution in [0.15, 0.2) is 57.5 Å². The van der Waals surface area contributed by atoms with Crippen LogP contribution >= 0.6 is 24.2 Å². The average Bonchev–Trinajstić information content (AvgIpc) is 3.10. The van der Waals surface area contributed by atoms with Crippen LogP contribution < -0.4 is 14.9 Å². The Hall–Kier alpha value is -2.31. The van der Waals surface area contributed by atoms with E-state index in [1.165, 1.54) is 16.1 Å². The minimum Gasteiger partial charge on any atom is -0.490 e. The number of nitrogens with one attached hydrogen (secondary N) is 1. The number of hydrogen-bond donors (Lipinski definition) is 1. The second-order valence-corrected chi connectivity index (χ2v) is 10.5. The lowest BCUT2D eigenvalue weighted by atomic mass is 10.1. The summed E-state index contributed by atoms with van der Waals surface area (Å²) in [6.45, 7) is 2.88. The lowest BCUT2D eigenvalue weighted by Crippen LogP contribution is -2.40. The standard InChI is InChI=1S/C22H24N4O5S2.ClH/c27-33(28,26-8-12-29-13-9-26)18-5-3-17(4-6-18)23-22-25-24-19(15-32-22)16-2-7-20-21(14-16)31-11-1-10-30-20;/h2-7,14H,1,8-13,15H2,(H,23,25);1H. The predicted octanol–water partition coefficient (Wildman–Crippen LogP) is 3.02. The topological polar surface area (TPSA) is 102 Å². The number of hydrogen-bond acceptors (Lipinski definition) is 8. The van der Waals surface area contributed by atoms with Gasteiger partial charge in [-0.2, -0.15) is 9.41 Å². The highest BCUT2D eigenvalue weighted by molar-refractivity contribution is 8.14. The van der Waals surface area contributed by atoms with Crippen LogP contribution in [0.2, 0.25) is 0 Å². The van der Waals surface area contributed by atoms with E-state index in [-0.39, 0.29) is 17.3 Å². The summed E-state index contributed by atoms with van der Waals surface area (Å²) in [5.74, 6) is 2.15. The van der Waals surface area contributed by atoms with Gasteiger partial charge in [0.15, 0.2) is 16.7 Å². The number of amidine groups is 1. The number of fused-ring (bicyclic) bond motifs is 1. The zero-order valence-electron chi connectivity index (χ0n) is 18.3. The molecule has 0 saturated carbocycles. The monoisotopic (exact) mass is 524 g/mol. The molecule has 3 aliphatic rings. The third kappa shape index (κ3) is 5.49. The summed E-state index contributed by atoms with van der Waals surface area (Å²) < 4.78 is 43.7. The van der Waals surface area contributed by atoms with Gasteiger partial charge in [-0.3, -0.25) is 5.43 Å². The molecule has 3 heterocycles. The van der Waals surface area contributed by atoms with E-state index in [1.807, 2.05) is 18.2 Å². The molecule has 0 aromatic heterocycles. The fraction of sp³-hybridized carbons (Fsp3) is 0.364. The number of hydrazone groups is 1. The molecule has 0 amide bonds. The Morgan fingerprint density at radius 2 is 1.71 bits per heavy atom. The smallest absolute Gasteiger partial charge is 0.243 e. The van der Waals surface area contributed by atoms with Gasteiger partial charge in [0.25, 0.3) is 0 Å². The molecule has 34 heavy (non-hydrogen) atoms. The number of thioether (sulfide) groups is 1. The Balaban J connectivity index is 0.00000274. The molecule has 1 saturated heterocycles. The molecular formula is C22H25ClN4O5S2. The molecule has 0 aliphatic carbocycles. The quantitative estimate of drug-likeness (QED) is 0.656. The molecule has 0 spiro atoms. The highest BCUT2D eigenvalue weighted by Crippen LogP contribution is 2.31. The van der Waals surface area contributed by atoms with Gasteiger partial charge < -0.3 is 14.2 Å². The molecule has 1 fully saturated rings. The van der Waals surface area contributed by atoms with Crippen LogP contribution in [-0.2, 0) is 14.8 Å². The van der Waals surface area contributed by atoms with Gasteiger partial charge in [-0.05, 0) is 42.5 Å². The number of aliphatic imine (C=N–C) groups is 1. The first-order valence-electron chi connectivity index (χ1n) is 10.7. The Morgan fingerprint density at radius 1 is 0.971 bits per heavy atom. The van der Waals surface area contributed by atoms with E-state index in [4.69, 9.17) is 14.2 Å². The summed E-state index contributed by atoms with van der Waals surface area (Å²) in [5, 5.41) is 5.12. The SMILES string of the molecule is Cl.O=S(=O)(c1ccc(N=C2NN=C(c3ccc4c(c3)OCCCO4)CS2)cc1)N1CCOCC1. The van der Waals surface area contributed by atoms with Gasteiger partial charge in [0.2, 0.25) is 10.0 Å². The van der Waals surface area contributed by atoms with Gasteiger partial charge in [0, 0.05) is 30.8 Å². The lowest BCUT2D eigenvalue weighted by molar-refractivity contribution is 0.0730. The molecule has 0 atom stereocenters. The molecule has 1 N–H and O–H groups in total. The van der Waals surface area contributed by atoms with Crippen molar-refractivity contribution in [2.75, 3.05) is 45.3 Å². The first kappa shape index (κ1) is 24.8. The van der Waals surface area contributed by atoms with E-state index >= 15 is 0 Å². The van der Waals surface area contributed by atoms with Crippen molar-refractivity contribution in [3.63, 3.8) is 0 Å². The Morgan fingerprint density at radius 3 is 2.41 bits per heavy atom. The van der Waals surface area contributed by atoms with Crippen LogP contribution in [0.4, 0.5) is 5.69 Å².